The third kappa shape index (κ3) is 5.44. The molecule has 0 spiro atoms. The standard InChI is InChI=1S/C23H34N4O.HI/c1-26(2)22(28)14-24-23(27-15-19-9-5-6-10-20(19)16-27)25-21-12-11-17-7-3-4-8-18(17)13-21;/h3-4,7-8,19-21H,5-6,9-16H2,1-2H3,(H,24,25);1H. The van der Waals surface area contributed by atoms with Crippen LogP contribution in [-0.2, 0) is 17.6 Å². The minimum absolute atomic E-state index is 0. The lowest BCUT2D eigenvalue weighted by Crippen LogP contribution is -2.47. The van der Waals surface area contributed by atoms with Gasteiger partial charge in [-0.05, 0) is 55.1 Å². The predicted octanol–water partition coefficient (Wildman–Crippen LogP) is 3.32. The van der Waals surface area contributed by atoms with Crippen molar-refractivity contribution in [1.82, 2.24) is 15.1 Å². The van der Waals surface area contributed by atoms with Crippen molar-refractivity contribution in [2.45, 2.75) is 51.0 Å². The maximum Gasteiger partial charge on any atom is 0.243 e. The van der Waals surface area contributed by atoms with E-state index in [0.29, 0.717) is 6.04 Å². The zero-order chi connectivity index (χ0) is 19.5. The molecule has 2 aliphatic carbocycles. The fourth-order valence-corrected chi connectivity index (χ4v) is 5.10. The first-order chi connectivity index (χ1) is 13.6. The van der Waals surface area contributed by atoms with Crippen LogP contribution in [0.4, 0.5) is 0 Å². The van der Waals surface area contributed by atoms with E-state index in [1.807, 2.05) is 0 Å². The number of nitrogens with zero attached hydrogens (tertiary/aromatic N) is 3. The van der Waals surface area contributed by atoms with Crippen LogP contribution in [-0.4, -0.2) is 61.4 Å². The number of likely N-dealkylation sites (N-methyl/N-ethyl adjacent to an activating group) is 1. The number of hydrogen-bond acceptors (Lipinski definition) is 2. The summed E-state index contributed by atoms with van der Waals surface area (Å²) in [5.41, 5.74) is 2.93. The van der Waals surface area contributed by atoms with Gasteiger partial charge in [0.15, 0.2) is 5.96 Å². The van der Waals surface area contributed by atoms with E-state index in [-0.39, 0.29) is 36.4 Å². The van der Waals surface area contributed by atoms with E-state index in [1.165, 1.54) is 36.8 Å². The van der Waals surface area contributed by atoms with Gasteiger partial charge in [0.1, 0.15) is 6.54 Å². The highest BCUT2D eigenvalue weighted by atomic mass is 127. The molecular formula is C23H35IN4O. The Kier molecular flexibility index (Phi) is 7.82. The van der Waals surface area contributed by atoms with Gasteiger partial charge in [0.25, 0.3) is 0 Å². The molecule has 1 N–H and O–H groups in total. The number of fused-ring (bicyclic) bond motifs is 2. The Morgan fingerprint density at radius 3 is 2.41 bits per heavy atom. The van der Waals surface area contributed by atoms with Crippen molar-refractivity contribution >= 4 is 35.8 Å². The SMILES string of the molecule is CN(C)C(=O)CN=C(NC1CCc2ccccc2C1)N1CC2CCCCC2C1.I. The lowest BCUT2D eigenvalue weighted by atomic mass is 9.82. The van der Waals surface area contributed by atoms with Crippen LogP contribution < -0.4 is 5.32 Å². The van der Waals surface area contributed by atoms with Crippen molar-refractivity contribution in [3.63, 3.8) is 0 Å². The van der Waals surface area contributed by atoms with E-state index in [4.69, 9.17) is 4.99 Å². The Hall–Kier alpha value is -1.31. The molecule has 1 amide bonds. The Morgan fingerprint density at radius 2 is 1.76 bits per heavy atom. The van der Waals surface area contributed by atoms with Crippen LogP contribution in [0.2, 0.25) is 0 Å². The molecule has 0 bridgehead atoms. The van der Waals surface area contributed by atoms with E-state index >= 15 is 0 Å². The zero-order valence-corrected chi connectivity index (χ0v) is 20.1. The Balaban J connectivity index is 0.00000240. The Bertz CT molecular complexity index is 721. The second-order valence-electron chi connectivity index (χ2n) is 8.99. The number of nitrogens with one attached hydrogen (secondary N) is 1. The summed E-state index contributed by atoms with van der Waals surface area (Å²) in [4.78, 5) is 21.0. The van der Waals surface area contributed by atoms with Gasteiger partial charge in [-0.2, -0.15) is 0 Å². The van der Waals surface area contributed by atoms with Crippen molar-refractivity contribution < 1.29 is 4.79 Å². The normalized spacial score (nSPS) is 26.2. The number of amides is 1. The monoisotopic (exact) mass is 510 g/mol. The lowest BCUT2D eigenvalue weighted by Gasteiger charge is -2.30. The van der Waals surface area contributed by atoms with Gasteiger partial charge in [-0.1, -0.05) is 37.1 Å². The molecule has 3 unspecified atom stereocenters. The fraction of sp³-hybridized carbons (Fsp3) is 0.652. The predicted molar refractivity (Wildman–Crippen MR) is 129 cm³/mol. The van der Waals surface area contributed by atoms with Gasteiger partial charge in [-0.25, -0.2) is 4.99 Å². The Labute approximate surface area is 192 Å². The molecule has 1 aromatic carbocycles. The van der Waals surface area contributed by atoms with Crippen LogP contribution >= 0.6 is 24.0 Å². The smallest absolute Gasteiger partial charge is 0.243 e. The lowest BCUT2D eigenvalue weighted by molar-refractivity contribution is -0.127. The summed E-state index contributed by atoms with van der Waals surface area (Å²) in [6.07, 6.45) is 8.71. The van der Waals surface area contributed by atoms with Crippen LogP contribution in [0.15, 0.2) is 29.3 Å². The molecule has 0 aromatic heterocycles. The first-order valence-electron chi connectivity index (χ1n) is 10.9. The highest BCUT2D eigenvalue weighted by Gasteiger charge is 2.36. The highest BCUT2D eigenvalue weighted by Crippen LogP contribution is 2.36. The van der Waals surface area contributed by atoms with Crippen molar-refractivity contribution in [1.29, 1.82) is 0 Å². The molecule has 6 heteroatoms. The third-order valence-corrected chi connectivity index (χ3v) is 6.82. The maximum absolute atomic E-state index is 12.1. The van der Waals surface area contributed by atoms with Crippen LogP contribution in [0.1, 0.15) is 43.2 Å². The average molecular weight is 510 g/mol. The molecule has 5 nitrogen and oxygen atoms in total. The van der Waals surface area contributed by atoms with Gasteiger partial charge in [-0.3, -0.25) is 4.79 Å². The molecule has 2 fully saturated rings. The molecule has 3 atom stereocenters. The van der Waals surface area contributed by atoms with Crippen LogP contribution in [0.3, 0.4) is 0 Å². The molecule has 29 heavy (non-hydrogen) atoms. The molecule has 0 radical (unpaired) electrons. The summed E-state index contributed by atoms with van der Waals surface area (Å²) in [7, 11) is 3.60. The molecule has 1 heterocycles. The van der Waals surface area contributed by atoms with Gasteiger partial charge in [0, 0.05) is 33.2 Å². The molecule has 1 aliphatic heterocycles. The summed E-state index contributed by atoms with van der Waals surface area (Å²) >= 11 is 0. The second kappa shape index (κ2) is 10.1. The van der Waals surface area contributed by atoms with Crippen molar-refractivity contribution in [2.75, 3.05) is 33.7 Å². The highest BCUT2D eigenvalue weighted by molar-refractivity contribution is 14.0. The van der Waals surface area contributed by atoms with E-state index in [1.54, 1.807) is 19.0 Å². The van der Waals surface area contributed by atoms with Crippen LogP contribution in [0.25, 0.3) is 0 Å². The summed E-state index contributed by atoms with van der Waals surface area (Å²) in [6, 6.07) is 9.17. The number of likely N-dealkylation sites (tertiary alicyclic amines) is 1. The number of benzene rings is 1. The Morgan fingerprint density at radius 1 is 1.10 bits per heavy atom. The van der Waals surface area contributed by atoms with Crippen LogP contribution in [0, 0.1) is 11.8 Å². The molecule has 1 aromatic rings. The molecule has 1 saturated heterocycles. The number of halogens is 1. The average Bonchev–Trinajstić information content (AvgIpc) is 3.14. The van der Waals surface area contributed by atoms with Crippen LogP contribution in [0.5, 0.6) is 0 Å². The van der Waals surface area contributed by atoms with Gasteiger partial charge in [-0.15, -0.1) is 24.0 Å². The van der Waals surface area contributed by atoms with E-state index in [2.05, 4.69) is 34.5 Å². The van der Waals surface area contributed by atoms with E-state index < -0.39 is 0 Å². The summed E-state index contributed by atoms with van der Waals surface area (Å²) in [5.74, 6) is 2.62. The molecule has 4 rings (SSSR count). The van der Waals surface area contributed by atoms with Crippen molar-refractivity contribution in [3.8, 4) is 0 Å². The van der Waals surface area contributed by atoms with Gasteiger partial charge >= 0.3 is 0 Å². The van der Waals surface area contributed by atoms with Crippen molar-refractivity contribution in [3.05, 3.63) is 35.4 Å². The van der Waals surface area contributed by atoms with Crippen molar-refractivity contribution in [2.24, 2.45) is 16.8 Å². The largest absolute Gasteiger partial charge is 0.353 e. The summed E-state index contributed by atoms with van der Waals surface area (Å²) < 4.78 is 0. The van der Waals surface area contributed by atoms with Gasteiger partial charge in [0.05, 0.1) is 0 Å². The van der Waals surface area contributed by atoms with E-state index in [0.717, 1.165) is 50.1 Å². The van der Waals surface area contributed by atoms with E-state index in [9.17, 15) is 4.79 Å². The maximum atomic E-state index is 12.1. The number of rotatable bonds is 3. The van der Waals surface area contributed by atoms with Gasteiger partial charge in [0.2, 0.25) is 5.91 Å². The third-order valence-electron chi connectivity index (χ3n) is 6.82. The minimum atomic E-state index is 0. The molecular weight excluding hydrogens is 475 g/mol. The van der Waals surface area contributed by atoms with Gasteiger partial charge < -0.3 is 15.1 Å². The number of carbonyl (C=O) groups excluding carboxylic acids is 1. The minimum Gasteiger partial charge on any atom is -0.353 e. The molecule has 1 saturated carbocycles. The topological polar surface area (TPSA) is 47.9 Å². The number of aryl methyl sites for hydroxylation is 1. The number of aliphatic imine (C=N–C) groups is 1. The number of hydrogen-bond donors (Lipinski definition) is 1. The molecule has 160 valence electrons. The molecule has 3 aliphatic rings. The second-order valence-corrected chi connectivity index (χ2v) is 8.99. The quantitative estimate of drug-likeness (QED) is 0.386. The summed E-state index contributed by atoms with van der Waals surface area (Å²) in [6.45, 7) is 2.41. The number of guanidine groups is 1. The zero-order valence-electron chi connectivity index (χ0n) is 17.8. The fourth-order valence-electron chi connectivity index (χ4n) is 5.10. The number of carbonyl (C=O) groups is 1. The summed E-state index contributed by atoms with van der Waals surface area (Å²) in [5, 5.41) is 3.75. The first-order valence-corrected chi connectivity index (χ1v) is 10.9. The first kappa shape index (κ1) is 22.4.